The van der Waals surface area contributed by atoms with Crippen molar-refractivity contribution in [2.75, 3.05) is 6.54 Å². The van der Waals surface area contributed by atoms with Crippen molar-refractivity contribution in [1.29, 1.82) is 0 Å². The lowest BCUT2D eigenvalue weighted by atomic mass is 9.87. The highest BCUT2D eigenvalue weighted by molar-refractivity contribution is 8.24. The van der Waals surface area contributed by atoms with E-state index in [2.05, 4.69) is 31.2 Å². The van der Waals surface area contributed by atoms with Gasteiger partial charge in [0.25, 0.3) is 0 Å². The molecule has 130 valence electrons. The van der Waals surface area contributed by atoms with Crippen LogP contribution in [0.4, 0.5) is 0 Å². The molecule has 1 aliphatic heterocycles. The third-order valence-electron chi connectivity index (χ3n) is 5.34. The number of carbonyl (C=O) groups excluding carboxylic acids is 1. The zero-order chi connectivity index (χ0) is 16.9. The fourth-order valence-electron chi connectivity index (χ4n) is 3.74. The zero-order valence-corrected chi connectivity index (χ0v) is 16.1. The molecule has 1 amide bonds. The maximum absolute atomic E-state index is 12.7. The predicted molar refractivity (Wildman–Crippen MR) is 106 cm³/mol. The number of hydrogen-bond acceptors (Lipinski definition) is 3. The number of carbonyl (C=O) groups is 1. The van der Waals surface area contributed by atoms with E-state index in [1.807, 2.05) is 4.90 Å². The first-order valence-electron chi connectivity index (χ1n) is 9.27. The molecule has 1 heterocycles. The van der Waals surface area contributed by atoms with Gasteiger partial charge in [-0.15, -0.1) is 0 Å². The molecule has 3 rings (SSSR count). The average Bonchev–Trinajstić information content (AvgIpc) is 2.88. The lowest BCUT2D eigenvalue weighted by Gasteiger charge is -2.24. The number of hydrogen-bond donors (Lipinski definition) is 0. The zero-order valence-electron chi connectivity index (χ0n) is 14.5. The molecule has 2 fully saturated rings. The Kier molecular flexibility index (Phi) is 6.34. The lowest BCUT2D eigenvalue weighted by Crippen LogP contribution is -2.34. The Morgan fingerprint density at radius 3 is 2.46 bits per heavy atom. The van der Waals surface area contributed by atoms with E-state index in [9.17, 15) is 4.79 Å². The minimum atomic E-state index is -0.0312. The van der Waals surface area contributed by atoms with E-state index in [0.29, 0.717) is 0 Å². The van der Waals surface area contributed by atoms with Gasteiger partial charge in [-0.1, -0.05) is 87.3 Å². The molecule has 0 unspecified atom stereocenters. The number of thiocarbonyl (C=S) groups is 1. The highest BCUT2D eigenvalue weighted by atomic mass is 32.2. The maximum atomic E-state index is 12.7. The van der Waals surface area contributed by atoms with Crippen LogP contribution in [0.15, 0.2) is 24.3 Å². The quantitative estimate of drug-likeness (QED) is 0.666. The normalized spacial score (nSPS) is 22.4. The Labute approximate surface area is 155 Å². The number of rotatable bonds is 6. The van der Waals surface area contributed by atoms with Crippen molar-refractivity contribution in [3.05, 3.63) is 35.4 Å². The summed E-state index contributed by atoms with van der Waals surface area (Å²) >= 11 is 7.07. The van der Waals surface area contributed by atoms with Gasteiger partial charge >= 0.3 is 0 Å². The molecule has 0 radical (unpaired) electrons. The molecule has 0 spiro atoms. The van der Waals surface area contributed by atoms with E-state index in [1.165, 1.54) is 43.2 Å². The second kappa shape index (κ2) is 8.48. The van der Waals surface area contributed by atoms with Gasteiger partial charge in [0.15, 0.2) is 0 Å². The second-order valence-electron chi connectivity index (χ2n) is 7.03. The van der Waals surface area contributed by atoms with E-state index < -0.39 is 0 Å². The van der Waals surface area contributed by atoms with Gasteiger partial charge in [-0.2, -0.15) is 0 Å². The van der Waals surface area contributed by atoms with E-state index in [0.717, 1.165) is 36.0 Å². The average molecular weight is 362 g/mol. The molecule has 0 bridgehead atoms. The van der Waals surface area contributed by atoms with Crippen molar-refractivity contribution >= 4 is 34.2 Å². The van der Waals surface area contributed by atoms with Crippen molar-refractivity contribution in [3.8, 4) is 0 Å². The largest absolute Gasteiger partial charge is 0.297 e. The fraction of sp³-hybridized carbons (Fsp3) is 0.600. The minimum absolute atomic E-state index is 0.0312. The number of nitrogens with zero attached hydrogens (tertiary/aromatic N) is 1. The van der Waals surface area contributed by atoms with E-state index in [-0.39, 0.29) is 11.2 Å². The van der Waals surface area contributed by atoms with Crippen LogP contribution < -0.4 is 0 Å². The Morgan fingerprint density at radius 2 is 1.79 bits per heavy atom. The monoisotopic (exact) mass is 361 g/mol. The highest BCUT2D eigenvalue weighted by Crippen LogP contribution is 2.32. The smallest absolute Gasteiger partial charge is 0.241 e. The molecule has 1 saturated carbocycles. The Morgan fingerprint density at radius 1 is 1.12 bits per heavy atom. The molecule has 0 N–H and O–H groups in total. The van der Waals surface area contributed by atoms with Gasteiger partial charge in [0.05, 0.1) is 5.25 Å². The van der Waals surface area contributed by atoms with Crippen LogP contribution in [-0.4, -0.2) is 26.9 Å². The van der Waals surface area contributed by atoms with Crippen molar-refractivity contribution in [2.24, 2.45) is 5.92 Å². The third kappa shape index (κ3) is 4.40. The Balaban J connectivity index is 1.54. The number of benzene rings is 1. The fourth-order valence-corrected chi connectivity index (χ4v) is 5.33. The van der Waals surface area contributed by atoms with Gasteiger partial charge in [-0.25, -0.2) is 0 Å². The van der Waals surface area contributed by atoms with Gasteiger partial charge in [0, 0.05) is 6.54 Å². The standard InChI is InChI=1S/C20H27NOS2/c1-2-15-8-10-17(11-9-15)14-18-19(22)21(20(23)24-18)13-12-16-6-4-3-5-7-16/h8-11,16,18H,2-7,12-14H2,1H3/t18-/m0/s1. The first kappa shape index (κ1) is 17.9. The minimum Gasteiger partial charge on any atom is -0.297 e. The number of aryl methyl sites for hydroxylation is 1. The second-order valence-corrected chi connectivity index (χ2v) is 8.87. The molecule has 1 atom stereocenters. The summed E-state index contributed by atoms with van der Waals surface area (Å²) in [6.07, 6.45) is 9.70. The number of amides is 1. The van der Waals surface area contributed by atoms with Gasteiger partial charge in [0.1, 0.15) is 4.32 Å². The van der Waals surface area contributed by atoms with Crippen LogP contribution in [0.3, 0.4) is 0 Å². The molecule has 4 heteroatoms. The van der Waals surface area contributed by atoms with Gasteiger partial charge in [-0.3, -0.25) is 9.69 Å². The predicted octanol–water partition coefficient (Wildman–Crippen LogP) is 4.99. The third-order valence-corrected chi connectivity index (χ3v) is 6.93. The molecular weight excluding hydrogens is 334 g/mol. The number of thioether (sulfide) groups is 1. The lowest BCUT2D eigenvalue weighted by molar-refractivity contribution is -0.126. The summed E-state index contributed by atoms with van der Waals surface area (Å²) in [6.45, 7) is 2.98. The molecule has 1 saturated heterocycles. The van der Waals surface area contributed by atoms with Gasteiger partial charge in [0.2, 0.25) is 5.91 Å². The Hall–Kier alpha value is -0.870. The van der Waals surface area contributed by atoms with Crippen LogP contribution in [0.5, 0.6) is 0 Å². The first-order chi connectivity index (χ1) is 11.7. The molecule has 2 aliphatic rings. The summed E-state index contributed by atoms with van der Waals surface area (Å²) in [5, 5.41) is -0.0312. The molecule has 1 aromatic carbocycles. The van der Waals surface area contributed by atoms with Crippen LogP contribution in [0.2, 0.25) is 0 Å². The summed E-state index contributed by atoms with van der Waals surface area (Å²) in [4.78, 5) is 14.6. The molecule has 1 aromatic rings. The molecule has 2 nitrogen and oxygen atoms in total. The van der Waals surface area contributed by atoms with Crippen LogP contribution in [0.1, 0.15) is 56.6 Å². The van der Waals surface area contributed by atoms with Gasteiger partial charge in [-0.05, 0) is 36.3 Å². The van der Waals surface area contributed by atoms with Crippen LogP contribution in [0, 0.1) is 5.92 Å². The van der Waals surface area contributed by atoms with Gasteiger partial charge < -0.3 is 0 Å². The highest BCUT2D eigenvalue weighted by Gasteiger charge is 2.36. The summed E-state index contributed by atoms with van der Waals surface area (Å²) in [5.74, 6) is 1.01. The molecule has 0 aromatic heterocycles. The van der Waals surface area contributed by atoms with Crippen LogP contribution in [-0.2, 0) is 17.6 Å². The first-order valence-corrected chi connectivity index (χ1v) is 10.6. The van der Waals surface area contributed by atoms with Crippen molar-refractivity contribution in [3.63, 3.8) is 0 Å². The topological polar surface area (TPSA) is 20.3 Å². The van der Waals surface area contributed by atoms with Crippen molar-refractivity contribution < 1.29 is 4.79 Å². The summed E-state index contributed by atoms with van der Waals surface area (Å²) in [5.41, 5.74) is 2.57. The van der Waals surface area contributed by atoms with E-state index >= 15 is 0 Å². The maximum Gasteiger partial charge on any atom is 0.241 e. The summed E-state index contributed by atoms with van der Waals surface area (Å²) in [7, 11) is 0. The SMILES string of the molecule is CCc1ccc(C[C@@H]2SC(=S)N(CCC3CCCCC3)C2=O)cc1. The van der Waals surface area contributed by atoms with E-state index in [4.69, 9.17) is 12.2 Å². The molecule has 24 heavy (non-hydrogen) atoms. The summed E-state index contributed by atoms with van der Waals surface area (Å²) in [6, 6.07) is 8.64. The molecule has 1 aliphatic carbocycles. The summed E-state index contributed by atoms with van der Waals surface area (Å²) < 4.78 is 0.783. The van der Waals surface area contributed by atoms with Crippen molar-refractivity contribution in [2.45, 2.75) is 63.5 Å². The van der Waals surface area contributed by atoms with E-state index in [1.54, 1.807) is 11.8 Å². The van der Waals surface area contributed by atoms with Crippen molar-refractivity contribution in [1.82, 2.24) is 4.90 Å². The van der Waals surface area contributed by atoms with Crippen LogP contribution in [0.25, 0.3) is 0 Å². The molecular formula is C20H27NOS2. The Bertz CT molecular complexity index is 578. The van der Waals surface area contributed by atoms with Crippen LogP contribution >= 0.6 is 24.0 Å².